The molecule has 1 N–H and O–H groups in total. The van der Waals surface area contributed by atoms with Gasteiger partial charge in [-0.25, -0.2) is 9.37 Å². The second-order valence-corrected chi connectivity index (χ2v) is 4.83. The van der Waals surface area contributed by atoms with Crippen LogP contribution in [0.2, 0.25) is 0 Å². The van der Waals surface area contributed by atoms with Crippen LogP contribution in [-0.4, -0.2) is 4.98 Å². The number of aryl methyl sites for hydroxylation is 2. The Morgan fingerprint density at radius 3 is 2.50 bits per heavy atom. The van der Waals surface area contributed by atoms with Crippen molar-refractivity contribution in [1.82, 2.24) is 4.98 Å². The fraction of sp³-hybridized carbons (Fsp3) is 0.250. The summed E-state index contributed by atoms with van der Waals surface area (Å²) in [6, 6.07) is 10.3. The lowest BCUT2D eigenvalue weighted by Crippen LogP contribution is -2.10. The highest BCUT2D eigenvalue weighted by atomic mass is 19.1. The van der Waals surface area contributed by atoms with E-state index in [1.165, 1.54) is 12.1 Å². The molecule has 0 aliphatic heterocycles. The van der Waals surface area contributed by atoms with Gasteiger partial charge in [0.15, 0.2) is 0 Å². The van der Waals surface area contributed by atoms with E-state index in [4.69, 9.17) is 0 Å². The minimum atomic E-state index is -0.261. The molecule has 0 bridgehead atoms. The topological polar surface area (TPSA) is 48.7 Å². The number of hydrogen-bond acceptors (Lipinski definition) is 3. The summed E-state index contributed by atoms with van der Waals surface area (Å²) < 4.78 is 12.9. The van der Waals surface area contributed by atoms with Crippen molar-refractivity contribution in [3.63, 3.8) is 0 Å². The fourth-order valence-electron chi connectivity index (χ4n) is 2.12. The lowest BCUT2D eigenvalue weighted by atomic mass is 10.1. The Morgan fingerprint density at radius 2 is 1.90 bits per heavy atom. The number of anilines is 1. The molecule has 1 atom stereocenters. The van der Waals surface area contributed by atoms with E-state index in [1.807, 2.05) is 26.8 Å². The maximum atomic E-state index is 12.9. The highest BCUT2D eigenvalue weighted by molar-refractivity contribution is 5.57. The van der Waals surface area contributed by atoms with Gasteiger partial charge in [0.05, 0.1) is 5.56 Å². The van der Waals surface area contributed by atoms with E-state index in [0.717, 1.165) is 16.8 Å². The second-order valence-electron chi connectivity index (χ2n) is 4.83. The fourth-order valence-corrected chi connectivity index (χ4v) is 2.12. The lowest BCUT2D eigenvalue weighted by Gasteiger charge is -2.17. The van der Waals surface area contributed by atoms with E-state index in [-0.39, 0.29) is 11.9 Å². The number of nitrogens with zero attached hydrogens (tertiary/aromatic N) is 2. The van der Waals surface area contributed by atoms with Crippen molar-refractivity contribution in [2.24, 2.45) is 0 Å². The van der Waals surface area contributed by atoms with Crippen molar-refractivity contribution in [2.45, 2.75) is 26.8 Å². The Labute approximate surface area is 118 Å². The lowest BCUT2D eigenvalue weighted by molar-refractivity contribution is 0.626. The molecule has 4 heteroatoms. The van der Waals surface area contributed by atoms with Crippen molar-refractivity contribution < 1.29 is 4.39 Å². The number of halogens is 1. The summed E-state index contributed by atoms with van der Waals surface area (Å²) in [6.45, 7) is 5.73. The Kier molecular flexibility index (Phi) is 3.99. The first-order valence-corrected chi connectivity index (χ1v) is 6.41. The number of nitrogens with one attached hydrogen (secondary N) is 1. The normalized spacial score (nSPS) is 11.8. The van der Waals surface area contributed by atoms with Crippen molar-refractivity contribution in [1.29, 1.82) is 5.26 Å². The highest BCUT2D eigenvalue weighted by Gasteiger charge is 2.12. The quantitative estimate of drug-likeness (QED) is 0.919. The van der Waals surface area contributed by atoms with Gasteiger partial charge in [-0.2, -0.15) is 5.26 Å². The number of rotatable bonds is 3. The maximum absolute atomic E-state index is 12.9. The standard InChI is InChI=1S/C16H16FN3/c1-10-8-11(2)19-16(15(10)9-18)20-12(3)13-4-6-14(17)7-5-13/h4-8,12H,1-3H3,(H,19,20). The Bertz CT molecular complexity index is 657. The summed E-state index contributed by atoms with van der Waals surface area (Å²) in [5, 5.41) is 12.5. The van der Waals surface area contributed by atoms with Gasteiger partial charge in [0, 0.05) is 11.7 Å². The third-order valence-corrected chi connectivity index (χ3v) is 3.18. The van der Waals surface area contributed by atoms with E-state index < -0.39 is 0 Å². The zero-order chi connectivity index (χ0) is 14.7. The summed E-state index contributed by atoms with van der Waals surface area (Å²) in [6.07, 6.45) is 0. The number of nitriles is 1. The van der Waals surface area contributed by atoms with Gasteiger partial charge >= 0.3 is 0 Å². The number of pyridine rings is 1. The molecule has 0 radical (unpaired) electrons. The molecule has 102 valence electrons. The Balaban J connectivity index is 2.30. The van der Waals surface area contributed by atoms with Gasteiger partial charge in [-0.3, -0.25) is 0 Å². The monoisotopic (exact) mass is 269 g/mol. The molecule has 0 spiro atoms. The highest BCUT2D eigenvalue weighted by Crippen LogP contribution is 2.23. The van der Waals surface area contributed by atoms with E-state index in [1.54, 1.807) is 12.1 Å². The molecule has 2 rings (SSSR count). The van der Waals surface area contributed by atoms with Crippen molar-refractivity contribution in [2.75, 3.05) is 5.32 Å². The van der Waals surface area contributed by atoms with Gasteiger partial charge in [-0.1, -0.05) is 12.1 Å². The van der Waals surface area contributed by atoms with Crippen molar-refractivity contribution in [3.8, 4) is 6.07 Å². The molecule has 1 unspecified atom stereocenters. The molecule has 0 aliphatic carbocycles. The van der Waals surface area contributed by atoms with Gasteiger partial charge in [0.25, 0.3) is 0 Å². The molecule has 20 heavy (non-hydrogen) atoms. The van der Waals surface area contributed by atoms with Crippen molar-refractivity contribution >= 4 is 5.82 Å². The summed E-state index contributed by atoms with van der Waals surface area (Å²) >= 11 is 0. The largest absolute Gasteiger partial charge is 0.362 e. The molecular formula is C16H16FN3. The van der Waals surface area contributed by atoms with Gasteiger partial charge < -0.3 is 5.32 Å². The van der Waals surface area contributed by atoms with Crippen LogP contribution in [0.3, 0.4) is 0 Å². The van der Waals surface area contributed by atoms with E-state index in [9.17, 15) is 9.65 Å². The molecule has 0 saturated carbocycles. The zero-order valence-corrected chi connectivity index (χ0v) is 11.7. The van der Waals surface area contributed by atoms with Crippen LogP contribution in [0.5, 0.6) is 0 Å². The van der Waals surface area contributed by atoms with Crippen LogP contribution in [0.1, 0.15) is 35.3 Å². The van der Waals surface area contributed by atoms with Gasteiger partial charge in [0.2, 0.25) is 0 Å². The van der Waals surface area contributed by atoms with Gasteiger partial charge in [-0.05, 0) is 50.1 Å². The van der Waals surface area contributed by atoms with Crippen LogP contribution < -0.4 is 5.32 Å². The molecule has 1 aromatic heterocycles. The molecule has 0 saturated heterocycles. The molecule has 0 amide bonds. The molecule has 2 aromatic rings. The first kappa shape index (κ1) is 14.0. The average molecular weight is 269 g/mol. The molecular weight excluding hydrogens is 253 g/mol. The number of aromatic nitrogens is 1. The van der Waals surface area contributed by atoms with E-state index >= 15 is 0 Å². The molecule has 1 heterocycles. The Morgan fingerprint density at radius 1 is 1.25 bits per heavy atom. The molecule has 3 nitrogen and oxygen atoms in total. The van der Waals surface area contributed by atoms with Crippen LogP contribution in [0.15, 0.2) is 30.3 Å². The SMILES string of the molecule is Cc1cc(C)c(C#N)c(NC(C)c2ccc(F)cc2)n1. The molecule has 1 aromatic carbocycles. The first-order chi connectivity index (χ1) is 9.51. The van der Waals surface area contributed by atoms with Crippen LogP contribution >= 0.6 is 0 Å². The van der Waals surface area contributed by atoms with Gasteiger partial charge in [-0.15, -0.1) is 0 Å². The maximum Gasteiger partial charge on any atom is 0.144 e. The summed E-state index contributed by atoms with van der Waals surface area (Å²) in [5.74, 6) is 0.310. The van der Waals surface area contributed by atoms with Crippen LogP contribution in [-0.2, 0) is 0 Å². The summed E-state index contributed by atoms with van der Waals surface area (Å²) in [5.41, 5.74) is 3.24. The third-order valence-electron chi connectivity index (χ3n) is 3.18. The van der Waals surface area contributed by atoms with E-state index in [2.05, 4.69) is 16.4 Å². The van der Waals surface area contributed by atoms with Gasteiger partial charge in [0.1, 0.15) is 17.7 Å². The number of hydrogen-bond donors (Lipinski definition) is 1. The van der Waals surface area contributed by atoms with Crippen molar-refractivity contribution in [3.05, 3.63) is 58.5 Å². The smallest absolute Gasteiger partial charge is 0.144 e. The third kappa shape index (κ3) is 2.94. The van der Waals surface area contributed by atoms with E-state index in [0.29, 0.717) is 11.4 Å². The Hall–Kier alpha value is -2.41. The van der Waals surface area contributed by atoms with Crippen LogP contribution in [0.25, 0.3) is 0 Å². The molecule has 0 fully saturated rings. The minimum absolute atomic E-state index is 0.0589. The predicted molar refractivity (Wildman–Crippen MR) is 76.9 cm³/mol. The van der Waals surface area contributed by atoms with Crippen LogP contribution in [0, 0.1) is 31.0 Å². The molecule has 0 aliphatic rings. The predicted octanol–water partition coefficient (Wildman–Crippen LogP) is 3.88. The first-order valence-electron chi connectivity index (χ1n) is 6.41. The summed E-state index contributed by atoms with van der Waals surface area (Å²) in [7, 11) is 0. The minimum Gasteiger partial charge on any atom is -0.362 e. The average Bonchev–Trinajstić information content (AvgIpc) is 2.39. The summed E-state index contributed by atoms with van der Waals surface area (Å²) in [4.78, 5) is 4.38. The number of benzene rings is 1. The second kappa shape index (κ2) is 5.70. The van der Waals surface area contributed by atoms with Crippen LogP contribution in [0.4, 0.5) is 10.2 Å². The zero-order valence-electron chi connectivity index (χ0n) is 11.7.